The first kappa shape index (κ1) is 10.3. The Morgan fingerprint density at radius 1 is 1.46 bits per heavy atom. The molecular formula is C8H13NO3S. The Hall–Kier alpha value is -0.810. The summed E-state index contributed by atoms with van der Waals surface area (Å²) < 4.78 is 29.0. The number of furan rings is 1. The first-order valence-electron chi connectivity index (χ1n) is 3.97. The molecule has 0 aliphatic heterocycles. The molecule has 0 radical (unpaired) electrons. The predicted octanol–water partition coefficient (Wildman–Crippen LogP) is 0.680. The molecule has 0 amide bonds. The van der Waals surface area contributed by atoms with E-state index >= 15 is 0 Å². The van der Waals surface area contributed by atoms with E-state index in [1.807, 2.05) is 19.1 Å². The van der Waals surface area contributed by atoms with Crippen molar-refractivity contribution in [2.75, 3.05) is 12.8 Å². The van der Waals surface area contributed by atoms with E-state index in [2.05, 4.69) is 4.72 Å². The van der Waals surface area contributed by atoms with Crippen LogP contribution in [0.4, 0.5) is 0 Å². The van der Waals surface area contributed by atoms with E-state index in [1.165, 1.54) is 0 Å². The maximum absolute atomic E-state index is 10.7. The molecule has 1 rings (SSSR count). The van der Waals surface area contributed by atoms with Gasteiger partial charge < -0.3 is 4.42 Å². The van der Waals surface area contributed by atoms with Gasteiger partial charge in [-0.2, -0.15) is 0 Å². The van der Waals surface area contributed by atoms with Gasteiger partial charge in [-0.15, -0.1) is 0 Å². The largest absolute Gasteiger partial charge is 0.466 e. The van der Waals surface area contributed by atoms with Crippen molar-refractivity contribution in [2.45, 2.75) is 13.3 Å². The molecule has 0 aliphatic rings. The van der Waals surface area contributed by atoms with Crippen molar-refractivity contribution >= 4 is 10.0 Å². The highest BCUT2D eigenvalue weighted by Crippen LogP contribution is 2.05. The quantitative estimate of drug-likeness (QED) is 0.782. The lowest BCUT2D eigenvalue weighted by Crippen LogP contribution is -2.24. The molecule has 0 aromatic carbocycles. The Morgan fingerprint density at radius 3 is 2.62 bits per heavy atom. The van der Waals surface area contributed by atoms with Gasteiger partial charge in [0.25, 0.3) is 0 Å². The molecule has 0 aliphatic carbocycles. The van der Waals surface area contributed by atoms with Gasteiger partial charge in [-0.3, -0.25) is 0 Å². The Bertz CT molecular complexity index is 366. The first-order chi connectivity index (χ1) is 5.97. The maximum Gasteiger partial charge on any atom is 0.208 e. The van der Waals surface area contributed by atoms with E-state index in [1.54, 1.807) is 0 Å². The molecule has 0 saturated heterocycles. The fraction of sp³-hybridized carbons (Fsp3) is 0.500. The third-order valence-electron chi connectivity index (χ3n) is 1.53. The molecule has 0 fully saturated rings. The van der Waals surface area contributed by atoms with Crippen LogP contribution in [0, 0.1) is 6.92 Å². The average molecular weight is 203 g/mol. The third-order valence-corrected chi connectivity index (χ3v) is 2.26. The van der Waals surface area contributed by atoms with Crippen molar-refractivity contribution in [3.05, 3.63) is 23.7 Å². The highest BCUT2D eigenvalue weighted by molar-refractivity contribution is 7.88. The van der Waals surface area contributed by atoms with Crippen LogP contribution in [0.1, 0.15) is 11.5 Å². The van der Waals surface area contributed by atoms with E-state index in [9.17, 15) is 8.42 Å². The summed E-state index contributed by atoms with van der Waals surface area (Å²) in [7, 11) is -3.08. The second kappa shape index (κ2) is 3.93. The Balaban J connectivity index is 2.36. The molecule has 4 nitrogen and oxygen atoms in total. The van der Waals surface area contributed by atoms with Crippen LogP contribution in [-0.4, -0.2) is 21.2 Å². The highest BCUT2D eigenvalue weighted by atomic mass is 32.2. The molecule has 5 heteroatoms. The van der Waals surface area contributed by atoms with Crippen molar-refractivity contribution in [2.24, 2.45) is 0 Å². The van der Waals surface area contributed by atoms with Gasteiger partial charge in [-0.05, 0) is 19.1 Å². The minimum atomic E-state index is -3.08. The van der Waals surface area contributed by atoms with E-state index in [0.717, 1.165) is 17.8 Å². The van der Waals surface area contributed by atoms with E-state index in [-0.39, 0.29) is 0 Å². The molecule has 0 atom stereocenters. The molecule has 0 bridgehead atoms. The SMILES string of the molecule is Cc1ccc(CCNS(C)(=O)=O)o1. The second-order valence-corrected chi connectivity index (χ2v) is 4.76. The number of aryl methyl sites for hydroxylation is 1. The normalized spacial score (nSPS) is 11.8. The van der Waals surface area contributed by atoms with Gasteiger partial charge in [0, 0.05) is 13.0 Å². The topological polar surface area (TPSA) is 59.3 Å². The summed E-state index contributed by atoms with van der Waals surface area (Å²) in [5.74, 6) is 1.64. The molecule has 0 unspecified atom stereocenters. The van der Waals surface area contributed by atoms with Crippen LogP contribution in [0.5, 0.6) is 0 Å². The lowest BCUT2D eigenvalue weighted by Gasteiger charge is -1.98. The monoisotopic (exact) mass is 203 g/mol. The minimum absolute atomic E-state index is 0.381. The predicted molar refractivity (Wildman–Crippen MR) is 50.0 cm³/mol. The van der Waals surface area contributed by atoms with Gasteiger partial charge in [0.1, 0.15) is 11.5 Å². The lowest BCUT2D eigenvalue weighted by molar-refractivity contribution is 0.481. The van der Waals surface area contributed by atoms with Crippen molar-refractivity contribution < 1.29 is 12.8 Å². The average Bonchev–Trinajstić information content (AvgIpc) is 2.33. The smallest absolute Gasteiger partial charge is 0.208 e. The summed E-state index contributed by atoms with van der Waals surface area (Å²) in [6.07, 6.45) is 1.72. The van der Waals surface area contributed by atoms with Gasteiger partial charge >= 0.3 is 0 Å². The molecule has 1 heterocycles. The zero-order chi connectivity index (χ0) is 9.90. The zero-order valence-corrected chi connectivity index (χ0v) is 8.52. The molecular weight excluding hydrogens is 190 g/mol. The highest BCUT2D eigenvalue weighted by Gasteiger charge is 2.02. The van der Waals surface area contributed by atoms with E-state index in [0.29, 0.717) is 13.0 Å². The van der Waals surface area contributed by atoms with Crippen LogP contribution in [-0.2, 0) is 16.4 Å². The van der Waals surface area contributed by atoms with Crippen LogP contribution in [0.15, 0.2) is 16.5 Å². The van der Waals surface area contributed by atoms with E-state index < -0.39 is 10.0 Å². The maximum atomic E-state index is 10.7. The summed E-state index contributed by atoms with van der Waals surface area (Å²) >= 11 is 0. The number of hydrogen-bond acceptors (Lipinski definition) is 3. The third kappa shape index (κ3) is 4.10. The molecule has 74 valence electrons. The summed E-state index contributed by atoms with van der Waals surface area (Å²) in [5.41, 5.74) is 0. The van der Waals surface area contributed by atoms with Gasteiger partial charge in [0.05, 0.1) is 6.26 Å². The van der Waals surface area contributed by atoms with Crippen LogP contribution >= 0.6 is 0 Å². The first-order valence-corrected chi connectivity index (χ1v) is 5.86. The molecule has 13 heavy (non-hydrogen) atoms. The molecule has 1 aromatic heterocycles. The minimum Gasteiger partial charge on any atom is -0.466 e. The molecule has 1 aromatic rings. The fourth-order valence-corrected chi connectivity index (χ4v) is 1.45. The van der Waals surface area contributed by atoms with Crippen molar-refractivity contribution in [1.29, 1.82) is 0 Å². The van der Waals surface area contributed by atoms with Crippen LogP contribution in [0.2, 0.25) is 0 Å². The van der Waals surface area contributed by atoms with Crippen molar-refractivity contribution in [3.63, 3.8) is 0 Å². The second-order valence-electron chi connectivity index (χ2n) is 2.93. The number of sulfonamides is 1. The number of rotatable bonds is 4. The summed E-state index contributed by atoms with van der Waals surface area (Å²) in [4.78, 5) is 0. The molecule has 0 saturated carbocycles. The van der Waals surface area contributed by atoms with Crippen LogP contribution in [0.3, 0.4) is 0 Å². The van der Waals surface area contributed by atoms with Crippen LogP contribution in [0.25, 0.3) is 0 Å². The lowest BCUT2D eigenvalue weighted by atomic mass is 10.3. The van der Waals surface area contributed by atoms with Crippen molar-refractivity contribution in [1.82, 2.24) is 4.72 Å². The Labute approximate surface area is 78.0 Å². The summed E-state index contributed by atoms with van der Waals surface area (Å²) in [5, 5.41) is 0. The number of nitrogens with one attached hydrogen (secondary N) is 1. The van der Waals surface area contributed by atoms with Gasteiger partial charge in [0.2, 0.25) is 10.0 Å². The Morgan fingerprint density at radius 2 is 2.15 bits per heavy atom. The standard InChI is InChI=1S/C8H13NO3S/c1-7-3-4-8(12-7)5-6-9-13(2,10)11/h3-4,9H,5-6H2,1-2H3. The Kier molecular flexibility index (Phi) is 3.11. The summed E-state index contributed by atoms with van der Waals surface area (Å²) in [6, 6.07) is 3.70. The number of hydrogen-bond donors (Lipinski definition) is 1. The van der Waals surface area contributed by atoms with Crippen molar-refractivity contribution in [3.8, 4) is 0 Å². The molecule has 1 N–H and O–H groups in total. The summed E-state index contributed by atoms with van der Waals surface area (Å²) in [6.45, 7) is 2.24. The van der Waals surface area contributed by atoms with Gasteiger partial charge in [-0.1, -0.05) is 0 Å². The van der Waals surface area contributed by atoms with E-state index in [4.69, 9.17) is 4.42 Å². The van der Waals surface area contributed by atoms with Gasteiger partial charge in [0.15, 0.2) is 0 Å². The zero-order valence-electron chi connectivity index (χ0n) is 7.70. The van der Waals surface area contributed by atoms with Gasteiger partial charge in [-0.25, -0.2) is 13.1 Å². The fourth-order valence-electron chi connectivity index (χ4n) is 0.979. The molecule has 0 spiro atoms. The van der Waals surface area contributed by atoms with Crippen LogP contribution < -0.4 is 4.72 Å².